The van der Waals surface area contributed by atoms with Gasteiger partial charge in [0.25, 0.3) is 0 Å². The molecule has 0 rings (SSSR count). The van der Waals surface area contributed by atoms with Crippen molar-refractivity contribution in [3.8, 4) is 0 Å². The van der Waals surface area contributed by atoms with Gasteiger partial charge in [-0.2, -0.15) is 0 Å². The molecule has 0 aliphatic heterocycles. The summed E-state index contributed by atoms with van der Waals surface area (Å²) in [6, 6.07) is 0. The van der Waals surface area contributed by atoms with Gasteiger partial charge in [0.1, 0.15) is 0 Å². The van der Waals surface area contributed by atoms with E-state index in [1.54, 1.807) is 0 Å². The van der Waals surface area contributed by atoms with Crippen LogP contribution < -0.4 is 5.09 Å². The minimum Gasteiger partial charge on any atom is -0.310 e. The Hall–Kier alpha value is 0.170. The molecular formula is C8H20NO5P2+. The zero-order valence-corrected chi connectivity index (χ0v) is 11.3. The standard InChI is InChI=1S/C8H19NO5P2/c1-2-3-4-5-6-7-8-9-16(12,13)14-15(10)11/h2-8H2,1H3,(H2-,9,10,11,12,13)/p+1. The van der Waals surface area contributed by atoms with Crippen LogP contribution in [-0.4, -0.2) is 16.3 Å². The average molecular weight is 272 g/mol. The lowest BCUT2D eigenvalue weighted by molar-refractivity contribution is 0.338. The van der Waals surface area contributed by atoms with Gasteiger partial charge in [0.05, 0.1) is 0 Å². The van der Waals surface area contributed by atoms with Crippen LogP contribution in [0.15, 0.2) is 0 Å². The largest absolute Gasteiger partial charge is 0.704 e. The first-order chi connectivity index (χ1) is 7.48. The van der Waals surface area contributed by atoms with Crippen molar-refractivity contribution in [2.45, 2.75) is 45.4 Å². The summed E-state index contributed by atoms with van der Waals surface area (Å²) in [7, 11) is -7.14. The third-order valence-corrected chi connectivity index (χ3v) is 4.09. The molecule has 0 heterocycles. The molecule has 2 unspecified atom stereocenters. The second-order valence-electron chi connectivity index (χ2n) is 3.52. The zero-order valence-electron chi connectivity index (χ0n) is 9.46. The molecule has 16 heavy (non-hydrogen) atoms. The predicted molar refractivity (Wildman–Crippen MR) is 62.1 cm³/mol. The van der Waals surface area contributed by atoms with Crippen LogP contribution in [0.5, 0.6) is 0 Å². The Bertz CT molecular complexity index is 249. The Balaban J connectivity index is 3.43. The molecule has 0 amide bonds. The van der Waals surface area contributed by atoms with Crippen LogP contribution >= 0.6 is 16.0 Å². The molecule has 96 valence electrons. The van der Waals surface area contributed by atoms with E-state index in [0.717, 1.165) is 19.3 Å². The van der Waals surface area contributed by atoms with Gasteiger partial charge in [0.2, 0.25) is 0 Å². The maximum atomic E-state index is 11.0. The smallest absolute Gasteiger partial charge is 0.310 e. The summed E-state index contributed by atoms with van der Waals surface area (Å²) in [6.45, 7) is 2.44. The number of nitrogens with one attached hydrogen (secondary N) is 1. The number of rotatable bonds is 10. The molecule has 6 nitrogen and oxygen atoms in total. The molecule has 0 bridgehead atoms. The highest BCUT2D eigenvalue weighted by molar-refractivity contribution is 7.58. The maximum Gasteiger partial charge on any atom is 0.704 e. The van der Waals surface area contributed by atoms with E-state index in [1.807, 2.05) is 0 Å². The van der Waals surface area contributed by atoms with Crippen molar-refractivity contribution in [1.29, 1.82) is 0 Å². The molecule has 0 fully saturated rings. The van der Waals surface area contributed by atoms with Gasteiger partial charge >= 0.3 is 16.0 Å². The molecular weight excluding hydrogens is 252 g/mol. The quantitative estimate of drug-likeness (QED) is 0.418. The van der Waals surface area contributed by atoms with Crippen LogP contribution in [0.25, 0.3) is 0 Å². The second-order valence-corrected chi connectivity index (χ2v) is 6.00. The van der Waals surface area contributed by atoms with Gasteiger partial charge < -0.3 is 4.89 Å². The van der Waals surface area contributed by atoms with Crippen LogP contribution in [0.4, 0.5) is 0 Å². The van der Waals surface area contributed by atoms with E-state index >= 15 is 0 Å². The molecule has 3 N–H and O–H groups in total. The van der Waals surface area contributed by atoms with Gasteiger partial charge in [-0.3, -0.25) is 0 Å². The summed E-state index contributed by atoms with van der Waals surface area (Å²) in [5.74, 6) is 0. The zero-order chi connectivity index (χ0) is 12.4. The molecule has 0 aliphatic rings. The van der Waals surface area contributed by atoms with Crippen LogP contribution in [0.1, 0.15) is 45.4 Å². The van der Waals surface area contributed by atoms with E-state index < -0.39 is 16.0 Å². The van der Waals surface area contributed by atoms with Gasteiger partial charge in [-0.15, -0.1) is 4.89 Å². The first-order valence-corrected chi connectivity index (χ1v) is 8.12. The van der Waals surface area contributed by atoms with Crippen molar-refractivity contribution in [2.24, 2.45) is 0 Å². The van der Waals surface area contributed by atoms with E-state index in [-0.39, 0.29) is 0 Å². The maximum absolute atomic E-state index is 11.0. The van der Waals surface area contributed by atoms with E-state index in [1.165, 1.54) is 19.3 Å². The Labute approximate surface area is 96.9 Å². The summed E-state index contributed by atoms with van der Waals surface area (Å²) >= 11 is 0. The van der Waals surface area contributed by atoms with Crippen molar-refractivity contribution >= 4 is 16.0 Å². The first-order valence-electron chi connectivity index (χ1n) is 5.41. The monoisotopic (exact) mass is 272 g/mol. The number of hydrogen-bond donors (Lipinski definition) is 3. The van der Waals surface area contributed by atoms with Crippen LogP contribution in [0, 0.1) is 0 Å². The van der Waals surface area contributed by atoms with Crippen molar-refractivity contribution in [2.75, 3.05) is 6.54 Å². The van der Waals surface area contributed by atoms with Crippen molar-refractivity contribution in [3.05, 3.63) is 0 Å². The first kappa shape index (κ1) is 16.2. The van der Waals surface area contributed by atoms with Gasteiger partial charge in [-0.25, -0.2) is 9.65 Å². The molecule has 0 aliphatic carbocycles. The average Bonchev–Trinajstić information content (AvgIpc) is 2.14. The minimum absolute atomic E-state index is 0.309. The molecule has 0 saturated heterocycles. The topological polar surface area (TPSA) is 95.9 Å². The van der Waals surface area contributed by atoms with Crippen molar-refractivity contribution in [3.63, 3.8) is 0 Å². The lowest BCUT2D eigenvalue weighted by Crippen LogP contribution is -2.12. The highest BCUT2D eigenvalue weighted by Crippen LogP contribution is 2.45. The number of hydrogen-bond acceptors (Lipinski definition) is 3. The predicted octanol–water partition coefficient (Wildman–Crippen LogP) is 2.70. The van der Waals surface area contributed by atoms with Gasteiger partial charge in [0, 0.05) is 11.1 Å². The van der Waals surface area contributed by atoms with Crippen molar-refractivity contribution < 1.29 is 23.2 Å². The number of unbranched alkanes of at least 4 members (excludes halogenated alkanes) is 5. The summed E-state index contributed by atoms with van der Waals surface area (Å²) in [5, 5.41) is 2.23. The lowest BCUT2D eigenvalue weighted by atomic mass is 10.1. The molecule has 0 saturated carbocycles. The summed E-state index contributed by atoms with van der Waals surface area (Å²) < 4.78 is 25.2. The Kier molecular flexibility index (Phi) is 9.32. The fraction of sp³-hybridized carbons (Fsp3) is 1.00. The van der Waals surface area contributed by atoms with E-state index in [4.69, 9.17) is 9.79 Å². The highest BCUT2D eigenvalue weighted by Gasteiger charge is 2.31. The lowest BCUT2D eigenvalue weighted by Gasteiger charge is -2.05. The molecule has 0 aromatic rings. The van der Waals surface area contributed by atoms with Crippen molar-refractivity contribution in [1.82, 2.24) is 5.09 Å². The van der Waals surface area contributed by atoms with Crippen LogP contribution in [-0.2, 0) is 13.4 Å². The van der Waals surface area contributed by atoms with E-state index in [2.05, 4.69) is 16.3 Å². The molecule has 0 spiro atoms. The molecule has 8 heteroatoms. The third-order valence-electron chi connectivity index (χ3n) is 2.02. The van der Waals surface area contributed by atoms with Crippen LogP contribution in [0.2, 0.25) is 0 Å². The molecule has 2 atom stereocenters. The van der Waals surface area contributed by atoms with Gasteiger partial charge in [-0.05, 0) is 10.7 Å². The minimum atomic E-state index is -4.09. The Morgan fingerprint density at radius 2 is 1.81 bits per heavy atom. The van der Waals surface area contributed by atoms with E-state index in [0.29, 0.717) is 6.54 Å². The van der Waals surface area contributed by atoms with Crippen LogP contribution in [0.3, 0.4) is 0 Å². The normalized spacial score (nSPS) is 15.8. The fourth-order valence-electron chi connectivity index (χ4n) is 1.25. The highest BCUT2D eigenvalue weighted by atomic mass is 31.2. The SMILES string of the molecule is CCCCCCCCNP(=O)(O)O[P+](=O)O. The molecule has 0 radical (unpaired) electrons. The summed E-state index contributed by atoms with van der Waals surface area (Å²) in [4.78, 5) is 17.3. The van der Waals surface area contributed by atoms with Gasteiger partial charge in [0.15, 0.2) is 0 Å². The van der Waals surface area contributed by atoms with Gasteiger partial charge in [-0.1, -0.05) is 39.0 Å². The summed E-state index contributed by atoms with van der Waals surface area (Å²) in [5.41, 5.74) is 0. The third kappa shape index (κ3) is 10.7. The Morgan fingerprint density at radius 3 is 2.38 bits per heavy atom. The molecule has 0 aromatic carbocycles. The Morgan fingerprint density at radius 1 is 1.25 bits per heavy atom. The fourth-order valence-corrected chi connectivity index (χ4v) is 2.68. The molecule has 0 aromatic heterocycles. The summed E-state index contributed by atoms with van der Waals surface area (Å²) in [6.07, 6.45) is 6.38. The second kappa shape index (κ2) is 9.23. The van der Waals surface area contributed by atoms with E-state index in [9.17, 15) is 9.13 Å².